The van der Waals surface area contributed by atoms with Crippen LogP contribution in [-0.2, 0) is 19.5 Å². The smallest absolute Gasteiger partial charge is 1.00 e. The van der Waals surface area contributed by atoms with Gasteiger partial charge in [-0.3, -0.25) is 0 Å². The summed E-state index contributed by atoms with van der Waals surface area (Å²) < 4.78 is 59.2. The summed E-state index contributed by atoms with van der Waals surface area (Å²) in [6, 6.07) is 5.25. The van der Waals surface area contributed by atoms with Gasteiger partial charge in [0.1, 0.15) is 0 Å². The van der Waals surface area contributed by atoms with Gasteiger partial charge in [0.2, 0.25) is 0 Å². The van der Waals surface area contributed by atoms with Gasteiger partial charge in [0.25, 0.3) is 0 Å². The van der Waals surface area contributed by atoms with Gasteiger partial charge in [-0.2, -0.15) is 15.8 Å². The Balaban J connectivity index is -0.0000000835. The Hall–Kier alpha value is -1.42. The summed E-state index contributed by atoms with van der Waals surface area (Å²) >= 11 is 0. The zero-order valence-corrected chi connectivity index (χ0v) is 19.0. The van der Waals surface area contributed by atoms with Crippen molar-refractivity contribution in [3.63, 3.8) is 0 Å². The van der Waals surface area contributed by atoms with E-state index in [0.717, 1.165) is 0 Å². The standard InChI is InChI=1S/C10H15.3C2H3N.F6P.Ru/c1-6-7(2)9(4)10(5)8(6)3;3*1-2-3;1-7(2,3,4,5)6;/h1-5H3;3*1H3;;/q;;;;-1;+1. The number of rotatable bonds is 0. The molecule has 2 radical (unpaired) electrons. The molecule has 0 saturated heterocycles. The second-order valence-electron chi connectivity index (χ2n) is 4.75. The first-order chi connectivity index (χ1) is 11.2. The van der Waals surface area contributed by atoms with Crippen LogP contribution in [0.1, 0.15) is 55.4 Å². The van der Waals surface area contributed by atoms with Crippen molar-refractivity contribution in [3.05, 3.63) is 28.2 Å². The van der Waals surface area contributed by atoms with Gasteiger partial charge in [0.05, 0.1) is 18.2 Å². The van der Waals surface area contributed by atoms with E-state index in [0.29, 0.717) is 0 Å². The molecule has 0 amide bonds. The average Bonchev–Trinajstić information content (AvgIpc) is 2.56. The molecule has 27 heavy (non-hydrogen) atoms. The van der Waals surface area contributed by atoms with E-state index >= 15 is 0 Å². The minimum atomic E-state index is -10.7. The molecule has 0 aromatic carbocycles. The van der Waals surface area contributed by atoms with Gasteiger partial charge in [0.15, 0.2) is 0 Å². The molecule has 1 rings (SSSR count). The van der Waals surface area contributed by atoms with Gasteiger partial charge in [0, 0.05) is 26.7 Å². The van der Waals surface area contributed by atoms with E-state index < -0.39 is 7.81 Å². The molecule has 0 atom stereocenters. The quantitative estimate of drug-likeness (QED) is 0.189. The van der Waals surface area contributed by atoms with E-state index in [1.807, 2.05) is 0 Å². The van der Waals surface area contributed by atoms with Crippen LogP contribution in [0.4, 0.5) is 25.2 Å². The molecule has 0 spiro atoms. The van der Waals surface area contributed by atoms with Crippen LogP contribution < -0.4 is 0 Å². The summed E-state index contributed by atoms with van der Waals surface area (Å²) in [7, 11) is -10.7. The zero-order valence-electron chi connectivity index (χ0n) is 16.4. The SMILES string of the molecule is CC#N.CC#N.CC#N.C[C]1C(C)=C(C)C(C)=C1C.F[P-](F)(F)(F)(F)F.[Ru+]. The Kier molecular flexibility index (Phi) is 18.5. The first-order valence-corrected chi connectivity index (χ1v) is 8.96. The molecule has 0 aliphatic heterocycles. The summed E-state index contributed by atoms with van der Waals surface area (Å²) in [6.45, 7) is 15.3. The number of hydrogen-bond acceptors (Lipinski definition) is 3. The molecule has 0 bridgehead atoms. The first kappa shape index (κ1) is 36.5. The molecule has 0 heterocycles. The van der Waals surface area contributed by atoms with Crippen molar-refractivity contribution < 1.29 is 44.7 Å². The maximum absolute atomic E-state index is 10.7. The van der Waals surface area contributed by atoms with Gasteiger partial charge in [-0.05, 0) is 38.8 Å². The molecule has 3 nitrogen and oxygen atoms in total. The molecular weight excluding hydrogens is 480 g/mol. The third kappa shape index (κ3) is 36.3. The fourth-order valence-electron chi connectivity index (χ4n) is 1.41. The predicted octanol–water partition coefficient (Wildman–Crippen LogP) is 8.24. The largest absolute Gasteiger partial charge is 1.00 e. The number of halogens is 6. The number of hydrogen-bond donors (Lipinski definition) is 0. The first-order valence-electron chi connectivity index (χ1n) is 6.94. The van der Waals surface area contributed by atoms with Crippen molar-refractivity contribution in [2.75, 3.05) is 0 Å². The maximum atomic E-state index is 9.87. The van der Waals surface area contributed by atoms with Crippen LogP contribution >= 0.6 is 7.81 Å². The summed E-state index contributed by atoms with van der Waals surface area (Å²) in [5.41, 5.74) is 5.87. The van der Waals surface area contributed by atoms with Gasteiger partial charge in [-0.15, -0.1) is 0 Å². The second kappa shape index (κ2) is 13.7. The third-order valence-corrected chi connectivity index (χ3v) is 2.81. The van der Waals surface area contributed by atoms with Crippen LogP contribution in [0.2, 0.25) is 0 Å². The van der Waals surface area contributed by atoms with Crippen LogP contribution in [-0.4, -0.2) is 0 Å². The van der Waals surface area contributed by atoms with Crippen LogP contribution in [0.25, 0.3) is 0 Å². The topological polar surface area (TPSA) is 71.4 Å². The van der Waals surface area contributed by atoms with E-state index in [1.54, 1.807) is 18.2 Å². The van der Waals surface area contributed by atoms with Crippen molar-refractivity contribution in [2.45, 2.75) is 55.4 Å². The Morgan fingerprint density at radius 2 is 0.667 bits per heavy atom. The summed E-state index contributed by atoms with van der Waals surface area (Å²) in [5.74, 6) is 1.47. The van der Waals surface area contributed by atoms with Gasteiger partial charge >= 0.3 is 52.5 Å². The fourth-order valence-corrected chi connectivity index (χ4v) is 1.41. The van der Waals surface area contributed by atoms with Crippen LogP contribution in [0.15, 0.2) is 22.3 Å². The molecule has 0 N–H and O–H groups in total. The Bertz CT molecular complexity index is 568. The predicted molar refractivity (Wildman–Crippen MR) is 93.1 cm³/mol. The van der Waals surface area contributed by atoms with E-state index in [1.165, 1.54) is 49.0 Å². The summed E-state index contributed by atoms with van der Waals surface area (Å²) in [6.07, 6.45) is 0. The van der Waals surface area contributed by atoms with Crippen LogP contribution in [0, 0.1) is 39.9 Å². The van der Waals surface area contributed by atoms with E-state index in [-0.39, 0.29) is 19.5 Å². The molecule has 0 aromatic rings. The van der Waals surface area contributed by atoms with Crippen LogP contribution in [0.3, 0.4) is 0 Å². The van der Waals surface area contributed by atoms with Crippen molar-refractivity contribution in [3.8, 4) is 18.2 Å². The molecular formula is C16H24F6N3PRu. The fraction of sp³-hybridized carbons (Fsp3) is 0.500. The molecule has 0 saturated carbocycles. The normalized spacial score (nSPS) is 14.8. The Morgan fingerprint density at radius 1 is 0.556 bits per heavy atom. The van der Waals surface area contributed by atoms with Crippen molar-refractivity contribution in [1.82, 2.24) is 0 Å². The van der Waals surface area contributed by atoms with Gasteiger partial charge < -0.3 is 0 Å². The summed E-state index contributed by atoms with van der Waals surface area (Å²) in [4.78, 5) is 0. The number of nitrogens with zero attached hydrogens (tertiary/aromatic N) is 3. The van der Waals surface area contributed by atoms with Gasteiger partial charge in [-0.1, -0.05) is 18.1 Å². The van der Waals surface area contributed by atoms with Crippen LogP contribution in [0.5, 0.6) is 0 Å². The minimum Gasteiger partial charge on any atom is 1.00 e. The molecule has 158 valence electrons. The van der Waals surface area contributed by atoms with E-state index in [2.05, 4.69) is 34.6 Å². The zero-order chi connectivity index (χ0) is 22.4. The molecule has 1 aliphatic rings. The summed E-state index contributed by atoms with van der Waals surface area (Å²) in [5, 5.41) is 22.0. The Morgan fingerprint density at radius 3 is 0.704 bits per heavy atom. The van der Waals surface area contributed by atoms with E-state index in [9.17, 15) is 25.2 Å². The molecule has 0 unspecified atom stereocenters. The molecule has 1 aliphatic carbocycles. The van der Waals surface area contributed by atoms with Crippen molar-refractivity contribution in [1.29, 1.82) is 15.8 Å². The molecule has 0 aromatic heterocycles. The second-order valence-corrected chi connectivity index (χ2v) is 6.67. The maximum Gasteiger partial charge on any atom is 1.00 e. The third-order valence-electron chi connectivity index (χ3n) is 2.81. The monoisotopic (exact) mass is 505 g/mol. The number of nitriles is 3. The average molecular weight is 504 g/mol. The van der Waals surface area contributed by atoms with Crippen molar-refractivity contribution in [2.24, 2.45) is 0 Å². The number of allylic oxidation sites excluding steroid dienone is 4. The van der Waals surface area contributed by atoms with Crippen molar-refractivity contribution >= 4 is 7.81 Å². The van der Waals surface area contributed by atoms with Gasteiger partial charge in [-0.25, -0.2) is 0 Å². The van der Waals surface area contributed by atoms with E-state index in [4.69, 9.17) is 15.8 Å². The molecule has 11 heteroatoms. The molecule has 0 fully saturated rings. The minimum absolute atomic E-state index is 0. The Labute approximate surface area is 170 Å².